The van der Waals surface area contributed by atoms with Gasteiger partial charge < -0.3 is 24.8 Å². The summed E-state index contributed by atoms with van der Waals surface area (Å²) >= 11 is 0. The van der Waals surface area contributed by atoms with Gasteiger partial charge in [0.2, 0.25) is 11.8 Å². The molecule has 12 nitrogen and oxygen atoms in total. The number of carbonyl (C=O) groups is 6. The summed E-state index contributed by atoms with van der Waals surface area (Å²) in [7, 11) is 0. The summed E-state index contributed by atoms with van der Waals surface area (Å²) in [5, 5.41) is 5.46. The van der Waals surface area contributed by atoms with Crippen molar-refractivity contribution in [2.45, 2.75) is 32.1 Å². The van der Waals surface area contributed by atoms with Gasteiger partial charge in [-0.25, -0.2) is 0 Å². The number of carbonyl (C=O) groups excluding carboxylic acids is 6. The molecule has 1 aliphatic heterocycles. The zero-order valence-corrected chi connectivity index (χ0v) is 20.9. The molecule has 2 rings (SSSR count). The summed E-state index contributed by atoms with van der Waals surface area (Å²) in [6.07, 6.45) is 6.60. The predicted molar refractivity (Wildman–Crippen MR) is 130 cm³/mol. The van der Waals surface area contributed by atoms with Gasteiger partial charge in [-0.2, -0.15) is 0 Å². The molecule has 4 amide bonds. The van der Waals surface area contributed by atoms with Crippen LogP contribution in [0.2, 0.25) is 0 Å². The molecule has 204 valence electrons. The fourth-order valence-corrected chi connectivity index (χ4v) is 3.48. The van der Waals surface area contributed by atoms with Crippen LogP contribution in [-0.2, 0) is 43.0 Å². The van der Waals surface area contributed by atoms with Crippen LogP contribution >= 0.6 is 0 Å². The van der Waals surface area contributed by atoms with E-state index in [1.807, 2.05) is 0 Å². The quantitative estimate of drug-likeness (QED) is 0.122. The Kier molecular flexibility index (Phi) is 14.0. The van der Waals surface area contributed by atoms with E-state index in [2.05, 4.69) is 10.6 Å². The van der Waals surface area contributed by atoms with Gasteiger partial charge in [0.1, 0.15) is 0 Å². The van der Waals surface area contributed by atoms with Crippen LogP contribution in [-0.4, -0.2) is 99.4 Å². The maximum atomic E-state index is 11.8. The molecule has 0 aromatic heterocycles. The van der Waals surface area contributed by atoms with Crippen molar-refractivity contribution in [3.63, 3.8) is 0 Å². The Morgan fingerprint density at radius 1 is 0.676 bits per heavy atom. The minimum absolute atomic E-state index is 0.0649. The molecule has 2 N–H and O–H groups in total. The first-order valence-corrected chi connectivity index (χ1v) is 12.4. The lowest BCUT2D eigenvalue weighted by molar-refractivity contribution is -0.137. The Labute approximate surface area is 215 Å². The smallest absolute Gasteiger partial charge is 0.253 e. The van der Waals surface area contributed by atoms with Gasteiger partial charge in [-0.05, 0) is 31.4 Å². The molecule has 0 saturated carbocycles. The molecule has 12 heteroatoms. The lowest BCUT2D eigenvalue weighted by Crippen LogP contribution is -2.35. The summed E-state index contributed by atoms with van der Waals surface area (Å²) in [5.74, 6) is -2.38. The lowest BCUT2D eigenvalue weighted by Gasteiger charge is -2.13. The van der Waals surface area contributed by atoms with Gasteiger partial charge in [0.15, 0.2) is 11.6 Å². The molecule has 1 heterocycles. The molecule has 0 saturated heterocycles. The van der Waals surface area contributed by atoms with Crippen molar-refractivity contribution in [2.24, 2.45) is 5.92 Å². The maximum absolute atomic E-state index is 11.8. The van der Waals surface area contributed by atoms with Gasteiger partial charge >= 0.3 is 0 Å². The van der Waals surface area contributed by atoms with E-state index in [-0.39, 0.29) is 49.2 Å². The van der Waals surface area contributed by atoms with Crippen LogP contribution in [0, 0.1) is 5.92 Å². The molecule has 0 aromatic rings. The van der Waals surface area contributed by atoms with Crippen LogP contribution in [0.25, 0.3) is 0 Å². The number of rotatable bonds is 20. The molecule has 0 spiro atoms. The average Bonchev–Trinajstić information content (AvgIpc) is 3.37. The van der Waals surface area contributed by atoms with E-state index in [9.17, 15) is 28.8 Å². The van der Waals surface area contributed by atoms with Crippen LogP contribution in [0.4, 0.5) is 0 Å². The number of nitrogens with one attached hydrogen (secondary N) is 2. The first-order valence-electron chi connectivity index (χ1n) is 12.4. The highest BCUT2D eigenvalue weighted by Gasteiger charge is 2.28. The van der Waals surface area contributed by atoms with Crippen molar-refractivity contribution >= 4 is 35.2 Å². The van der Waals surface area contributed by atoms with Gasteiger partial charge in [-0.1, -0.05) is 0 Å². The van der Waals surface area contributed by atoms with Crippen molar-refractivity contribution < 1.29 is 43.0 Å². The summed E-state index contributed by atoms with van der Waals surface area (Å²) in [5.41, 5.74) is 0. The van der Waals surface area contributed by atoms with E-state index < -0.39 is 17.7 Å². The second-order valence-corrected chi connectivity index (χ2v) is 8.38. The van der Waals surface area contributed by atoms with Gasteiger partial charge in [0.25, 0.3) is 11.8 Å². The summed E-state index contributed by atoms with van der Waals surface area (Å²) in [6, 6.07) is 0. The number of ketones is 2. The summed E-state index contributed by atoms with van der Waals surface area (Å²) in [6.45, 7) is 3.56. The van der Waals surface area contributed by atoms with Crippen LogP contribution in [0.3, 0.4) is 0 Å². The highest BCUT2D eigenvalue weighted by atomic mass is 16.5. The van der Waals surface area contributed by atoms with Crippen molar-refractivity contribution in [2.75, 3.05) is 59.3 Å². The number of nitrogens with zero attached hydrogens (tertiary/aromatic N) is 1. The van der Waals surface area contributed by atoms with E-state index in [1.54, 1.807) is 0 Å². The van der Waals surface area contributed by atoms with Crippen LogP contribution in [0.1, 0.15) is 32.1 Å². The Bertz CT molecular complexity index is 779. The summed E-state index contributed by atoms with van der Waals surface area (Å²) < 4.78 is 16.3. The third-order valence-corrected chi connectivity index (χ3v) is 5.54. The average molecular weight is 522 g/mol. The maximum Gasteiger partial charge on any atom is 0.253 e. The number of hydrogen-bond acceptors (Lipinski definition) is 9. The largest absolute Gasteiger partial charge is 0.379 e. The topological polar surface area (TPSA) is 157 Å². The molecule has 2 aliphatic rings. The predicted octanol–water partition coefficient (Wildman–Crippen LogP) is -0.532. The molecule has 0 atom stereocenters. The SMILES string of the molecule is O=C(CCC1C(=O)C=CC1=O)NCCCOCCOCCOCCCNC(=O)CCN1C(=O)C=CC1=O. The van der Waals surface area contributed by atoms with Gasteiger partial charge in [-0.3, -0.25) is 33.7 Å². The second kappa shape index (κ2) is 17.3. The molecule has 0 aromatic carbocycles. The number of amides is 4. The molecular formula is C25H35N3O9. The Balaban J connectivity index is 1.28. The second-order valence-electron chi connectivity index (χ2n) is 8.38. The van der Waals surface area contributed by atoms with Crippen molar-refractivity contribution in [3.8, 4) is 0 Å². The zero-order valence-electron chi connectivity index (χ0n) is 20.9. The van der Waals surface area contributed by atoms with E-state index in [0.29, 0.717) is 65.6 Å². The van der Waals surface area contributed by atoms with E-state index in [0.717, 1.165) is 4.90 Å². The fraction of sp³-hybridized carbons (Fsp3) is 0.600. The van der Waals surface area contributed by atoms with Crippen molar-refractivity contribution in [1.29, 1.82) is 0 Å². The Morgan fingerprint density at radius 3 is 1.65 bits per heavy atom. The Morgan fingerprint density at radius 2 is 1.14 bits per heavy atom. The van der Waals surface area contributed by atoms with Crippen LogP contribution in [0.5, 0.6) is 0 Å². The minimum Gasteiger partial charge on any atom is -0.379 e. The molecule has 0 fully saturated rings. The number of hydrogen-bond donors (Lipinski definition) is 2. The van der Waals surface area contributed by atoms with Gasteiger partial charge in [0.05, 0.1) is 32.3 Å². The monoisotopic (exact) mass is 521 g/mol. The molecule has 0 bridgehead atoms. The van der Waals surface area contributed by atoms with Crippen LogP contribution < -0.4 is 10.6 Å². The minimum atomic E-state index is -0.704. The van der Waals surface area contributed by atoms with Crippen LogP contribution in [0.15, 0.2) is 24.3 Å². The first-order chi connectivity index (χ1) is 17.9. The fourth-order valence-electron chi connectivity index (χ4n) is 3.48. The number of ether oxygens (including phenoxy) is 3. The molecular weight excluding hydrogens is 486 g/mol. The molecule has 1 aliphatic carbocycles. The Hall–Kier alpha value is -3.22. The first kappa shape index (κ1) is 30.0. The number of allylic oxidation sites excluding steroid dienone is 2. The lowest BCUT2D eigenvalue weighted by atomic mass is 9.99. The normalized spacial score (nSPS) is 15.3. The third-order valence-electron chi connectivity index (χ3n) is 5.54. The number of imide groups is 1. The highest BCUT2D eigenvalue weighted by molar-refractivity contribution is 6.18. The van der Waals surface area contributed by atoms with Gasteiger partial charge in [-0.15, -0.1) is 0 Å². The van der Waals surface area contributed by atoms with E-state index in [1.165, 1.54) is 24.3 Å². The van der Waals surface area contributed by atoms with Crippen molar-refractivity contribution in [3.05, 3.63) is 24.3 Å². The standard InChI is InChI=1S/C25H35N3O9/c29-20-4-5-21(30)19(20)3-6-22(31)26-10-1-13-35-15-17-37-18-16-36-14-2-11-27-23(32)9-12-28-24(33)7-8-25(28)34/h4-5,7-8,19H,1-3,6,9-18H2,(H,26,31)(H,27,32). The summed E-state index contributed by atoms with van der Waals surface area (Å²) in [4.78, 5) is 70.3. The van der Waals surface area contributed by atoms with E-state index in [4.69, 9.17) is 14.2 Å². The van der Waals surface area contributed by atoms with Gasteiger partial charge in [0, 0.05) is 57.8 Å². The highest BCUT2D eigenvalue weighted by Crippen LogP contribution is 2.16. The molecule has 0 radical (unpaired) electrons. The zero-order chi connectivity index (χ0) is 26.9. The molecule has 37 heavy (non-hydrogen) atoms. The molecule has 0 unspecified atom stereocenters. The van der Waals surface area contributed by atoms with E-state index >= 15 is 0 Å². The third kappa shape index (κ3) is 12.0. The van der Waals surface area contributed by atoms with Crippen molar-refractivity contribution in [1.82, 2.24) is 15.5 Å².